The second kappa shape index (κ2) is 10.6. The van der Waals surface area contributed by atoms with Crippen molar-refractivity contribution in [2.24, 2.45) is 5.10 Å². The zero-order chi connectivity index (χ0) is 24.8. The maximum Gasteiger partial charge on any atom is 0.416 e. The lowest BCUT2D eigenvalue weighted by molar-refractivity contribution is -0.137. The van der Waals surface area contributed by atoms with Gasteiger partial charge in [0.1, 0.15) is 0 Å². The highest BCUT2D eigenvalue weighted by Gasteiger charge is 2.29. The number of nitrogens with zero attached hydrogens (tertiary/aromatic N) is 4. The molecule has 0 atom stereocenters. The van der Waals surface area contributed by atoms with Gasteiger partial charge in [-0.25, -0.2) is 5.43 Å². The lowest BCUT2D eigenvalue weighted by Gasteiger charge is -2.10. The van der Waals surface area contributed by atoms with Crippen LogP contribution in [0.5, 0.6) is 0 Å². The molecule has 0 saturated carbocycles. The van der Waals surface area contributed by atoms with Crippen LogP contribution in [0.4, 0.5) is 13.2 Å². The predicted octanol–water partition coefficient (Wildman–Crippen LogP) is 5.50. The Labute approximate surface area is 203 Å². The number of aromatic nitrogens is 3. The van der Waals surface area contributed by atoms with E-state index in [1.54, 1.807) is 0 Å². The third-order valence-electron chi connectivity index (χ3n) is 4.93. The van der Waals surface area contributed by atoms with Gasteiger partial charge in [-0.1, -0.05) is 71.9 Å². The first-order valence-corrected chi connectivity index (χ1v) is 11.5. The molecule has 178 valence electrons. The van der Waals surface area contributed by atoms with E-state index in [4.69, 9.17) is 0 Å². The number of hydrogen-bond donors (Lipinski definition) is 1. The van der Waals surface area contributed by atoms with E-state index >= 15 is 0 Å². The van der Waals surface area contributed by atoms with Crippen molar-refractivity contribution in [2.45, 2.75) is 18.3 Å². The van der Waals surface area contributed by atoms with Gasteiger partial charge in [0.25, 0.3) is 5.91 Å². The molecule has 1 amide bonds. The Morgan fingerprint density at radius 2 is 1.69 bits per heavy atom. The van der Waals surface area contributed by atoms with Gasteiger partial charge < -0.3 is 0 Å². The minimum Gasteiger partial charge on any atom is -0.272 e. The Kier molecular flexibility index (Phi) is 7.31. The van der Waals surface area contributed by atoms with Crippen LogP contribution in [-0.2, 0) is 11.0 Å². The third-order valence-corrected chi connectivity index (χ3v) is 5.86. The fourth-order valence-electron chi connectivity index (χ4n) is 3.16. The Balaban J connectivity index is 1.44. The van der Waals surface area contributed by atoms with E-state index in [0.29, 0.717) is 16.5 Å². The first-order chi connectivity index (χ1) is 16.8. The number of carbonyl (C=O) groups excluding carboxylic acids is 1. The Bertz CT molecular complexity index is 1320. The van der Waals surface area contributed by atoms with Crippen LogP contribution in [0.1, 0.15) is 16.7 Å². The van der Waals surface area contributed by atoms with E-state index < -0.39 is 17.6 Å². The summed E-state index contributed by atoms with van der Waals surface area (Å²) in [6, 6.07) is 22.0. The summed E-state index contributed by atoms with van der Waals surface area (Å²) in [6.07, 6.45) is -3.12. The summed E-state index contributed by atoms with van der Waals surface area (Å²) < 4.78 is 39.8. The van der Waals surface area contributed by atoms with Crippen LogP contribution >= 0.6 is 11.8 Å². The molecule has 0 bridgehead atoms. The van der Waals surface area contributed by atoms with Gasteiger partial charge in [-0.2, -0.15) is 18.3 Å². The SMILES string of the molecule is Cc1ccc(-c2nnc(SCC(=O)N/N=C\c3ccc(C(F)(F)F)cc3)n2-c2ccccc2)cc1. The summed E-state index contributed by atoms with van der Waals surface area (Å²) in [5.74, 6) is 0.278. The van der Waals surface area contributed by atoms with Crippen LogP contribution in [-0.4, -0.2) is 32.6 Å². The number of nitrogens with one attached hydrogen (secondary N) is 1. The number of alkyl halides is 3. The molecule has 0 spiro atoms. The summed E-state index contributed by atoms with van der Waals surface area (Å²) in [4.78, 5) is 12.3. The molecule has 10 heteroatoms. The monoisotopic (exact) mass is 495 g/mol. The number of hydrazone groups is 1. The molecule has 0 radical (unpaired) electrons. The Hall–Kier alpha value is -3.92. The first kappa shape index (κ1) is 24.2. The smallest absolute Gasteiger partial charge is 0.272 e. The maximum atomic E-state index is 12.6. The molecule has 0 aliphatic heterocycles. The van der Waals surface area contributed by atoms with Crippen LogP contribution in [0.25, 0.3) is 17.1 Å². The molecule has 0 saturated heterocycles. The van der Waals surface area contributed by atoms with Crippen molar-refractivity contribution < 1.29 is 18.0 Å². The Morgan fingerprint density at radius 3 is 2.34 bits per heavy atom. The normalized spacial score (nSPS) is 11.7. The number of hydrogen-bond acceptors (Lipinski definition) is 5. The number of halogens is 3. The van der Waals surface area contributed by atoms with Crippen LogP contribution in [0.2, 0.25) is 0 Å². The van der Waals surface area contributed by atoms with E-state index in [1.165, 1.54) is 30.1 Å². The van der Waals surface area contributed by atoms with E-state index in [9.17, 15) is 18.0 Å². The van der Waals surface area contributed by atoms with Crippen molar-refractivity contribution >= 4 is 23.9 Å². The minimum atomic E-state index is -4.40. The highest BCUT2D eigenvalue weighted by molar-refractivity contribution is 7.99. The lowest BCUT2D eigenvalue weighted by Crippen LogP contribution is -2.20. The van der Waals surface area contributed by atoms with Gasteiger partial charge in [0.2, 0.25) is 0 Å². The molecule has 35 heavy (non-hydrogen) atoms. The first-order valence-electron chi connectivity index (χ1n) is 10.5. The van der Waals surface area contributed by atoms with Gasteiger partial charge >= 0.3 is 6.18 Å². The molecule has 1 heterocycles. The average molecular weight is 496 g/mol. The van der Waals surface area contributed by atoms with Gasteiger partial charge in [0, 0.05) is 11.3 Å². The zero-order valence-electron chi connectivity index (χ0n) is 18.5. The van der Waals surface area contributed by atoms with Crippen molar-refractivity contribution in [3.05, 3.63) is 95.6 Å². The van der Waals surface area contributed by atoms with Gasteiger partial charge in [-0.05, 0) is 36.8 Å². The molecule has 1 aromatic heterocycles. The third kappa shape index (κ3) is 6.15. The topological polar surface area (TPSA) is 72.2 Å². The van der Waals surface area contributed by atoms with E-state index in [-0.39, 0.29) is 5.75 Å². The number of amides is 1. The Morgan fingerprint density at radius 1 is 1.00 bits per heavy atom. The predicted molar refractivity (Wildman–Crippen MR) is 129 cm³/mol. The second-order valence-corrected chi connectivity index (χ2v) is 8.49. The lowest BCUT2D eigenvalue weighted by atomic mass is 10.1. The molecule has 1 N–H and O–H groups in total. The highest BCUT2D eigenvalue weighted by atomic mass is 32.2. The fraction of sp³-hybridized carbons (Fsp3) is 0.120. The van der Waals surface area contributed by atoms with E-state index in [0.717, 1.165) is 28.9 Å². The molecule has 0 aliphatic carbocycles. The minimum absolute atomic E-state index is 0.0171. The zero-order valence-corrected chi connectivity index (χ0v) is 19.3. The number of thioether (sulfide) groups is 1. The van der Waals surface area contributed by atoms with Gasteiger partial charge in [0.05, 0.1) is 17.5 Å². The number of carbonyl (C=O) groups is 1. The molecule has 4 aromatic rings. The van der Waals surface area contributed by atoms with Crippen molar-refractivity contribution in [3.8, 4) is 17.1 Å². The van der Waals surface area contributed by atoms with Crippen LogP contribution in [0.15, 0.2) is 89.1 Å². The molecular weight excluding hydrogens is 475 g/mol. The summed E-state index contributed by atoms with van der Waals surface area (Å²) in [7, 11) is 0. The highest BCUT2D eigenvalue weighted by Crippen LogP contribution is 2.29. The molecule has 3 aromatic carbocycles. The van der Waals surface area contributed by atoms with Crippen LogP contribution < -0.4 is 5.43 Å². The maximum absolute atomic E-state index is 12.6. The summed E-state index contributed by atoms with van der Waals surface area (Å²) in [5, 5.41) is 13.0. The number of para-hydroxylation sites is 1. The van der Waals surface area contributed by atoms with Crippen molar-refractivity contribution in [2.75, 3.05) is 5.75 Å². The second-order valence-electron chi connectivity index (χ2n) is 7.54. The standard InChI is InChI=1S/C25H20F3N5OS/c1-17-7-11-19(12-8-17)23-31-32-24(33(23)21-5-3-2-4-6-21)35-16-22(34)30-29-15-18-9-13-20(14-10-18)25(26,27)28/h2-15H,16H2,1H3,(H,30,34)/b29-15-. The van der Waals surface area contributed by atoms with Crippen LogP contribution in [0.3, 0.4) is 0 Å². The van der Waals surface area contributed by atoms with Crippen molar-refractivity contribution in [1.82, 2.24) is 20.2 Å². The van der Waals surface area contributed by atoms with Crippen LogP contribution in [0, 0.1) is 6.92 Å². The fourth-order valence-corrected chi connectivity index (χ4v) is 3.91. The largest absolute Gasteiger partial charge is 0.416 e. The number of rotatable bonds is 7. The number of benzene rings is 3. The quantitative estimate of drug-likeness (QED) is 0.209. The average Bonchev–Trinajstić information content (AvgIpc) is 3.27. The van der Waals surface area contributed by atoms with Crippen molar-refractivity contribution in [1.29, 1.82) is 0 Å². The molecule has 0 unspecified atom stereocenters. The van der Waals surface area contributed by atoms with Crippen molar-refractivity contribution in [3.63, 3.8) is 0 Å². The van der Waals surface area contributed by atoms with Gasteiger partial charge in [0.15, 0.2) is 11.0 Å². The van der Waals surface area contributed by atoms with E-state index in [2.05, 4.69) is 20.7 Å². The summed E-state index contributed by atoms with van der Waals surface area (Å²) in [6.45, 7) is 2.01. The summed E-state index contributed by atoms with van der Waals surface area (Å²) >= 11 is 1.20. The molecule has 0 fully saturated rings. The molecular formula is C25H20F3N5OS. The molecule has 0 aliphatic rings. The molecule has 6 nitrogen and oxygen atoms in total. The molecule has 4 rings (SSSR count). The van der Waals surface area contributed by atoms with E-state index in [1.807, 2.05) is 66.1 Å². The summed E-state index contributed by atoms with van der Waals surface area (Å²) in [5.41, 5.74) is 4.94. The van der Waals surface area contributed by atoms with Gasteiger partial charge in [-0.3, -0.25) is 9.36 Å². The van der Waals surface area contributed by atoms with Gasteiger partial charge in [-0.15, -0.1) is 10.2 Å². The number of aryl methyl sites for hydroxylation is 1.